The lowest BCUT2D eigenvalue weighted by molar-refractivity contribution is -0.120. The van der Waals surface area contributed by atoms with Gasteiger partial charge in [0.25, 0.3) is 0 Å². The number of nitrogens with one attached hydrogen (secondary N) is 1. The predicted molar refractivity (Wildman–Crippen MR) is 82.1 cm³/mol. The number of para-hydroxylation sites is 2. The highest BCUT2D eigenvalue weighted by Gasteiger charge is 2.27. The summed E-state index contributed by atoms with van der Waals surface area (Å²) in [6.07, 6.45) is 4.99. The van der Waals surface area contributed by atoms with Crippen LogP contribution in [0.15, 0.2) is 24.3 Å². The largest absolute Gasteiger partial charge is 0.323 e. The van der Waals surface area contributed by atoms with E-state index in [0.29, 0.717) is 11.0 Å². The molecule has 1 aliphatic heterocycles. The lowest BCUT2D eigenvalue weighted by atomic mass is 10.2. The fourth-order valence-corrected chi connectivity index (χ4v) is 3.98. The number of amides is 2. The monoisotopic (exact) mass is 290 g/mol. The molecule has 20 heavy (non-hydrogen) atoms. The number of fused-ring (bicyclic) bond motifs is 1. The molecule has 106 valence electrons. The van der Waals surface area contributed by atoms with Crippen molar-refractivity contribution in [2.45, 2.75) is 30.9 Å². The fraction of sp³-hybridized carbons (Fsp3) is 0.467. The highest BCUT2D eigenvalue weighted by Crippen LogP contribution is 2.32. The Morgan fingerprint density at radius 1 is 1.30 bits per heavy atom. The van der Waals surface area contributed by atoms with Crippen LogP contribution in [0, 0.1) is 0 Å². The summed E-state index contributed by atoms with van der Waals surface area (Å²) in [7, 11) is 0. The molecular weight excluding hydrogens is 272 g/mol. The van der Waals surface area contributed by atoms with E-state index in [1.54, 1.807) is 16.7 Å². The second kappa shape index (κ2) is 5.87. The van der Waals surface area contributed by atoms with E-state index in [1.807, 2.05) is 24.3 Å². The Balaban J connectivity index is 1.69. The maximum Gasteiger partial charge on any atom is 0.244 e. The zero-order valence-corrected chi connectivity index (χ0v) is 12.1. The molecular formula is C15H18N2O2S. The van der Waals surface area contributed by atoms with Crippen LogP contribution in [0.1, 0.15) is 25.7 Å². The number of rotatable bonds is 3. The van der Waals surface area contributed by atoms with E-state index in [1.165, 1.54) is 25.7 Å². The fourth-order valence-electron chi connectivity index (χ4n) is 2.78. The second-order valence-corrected chi connectivity index (χ2v) is 6.55. The first-order valence-corrected chi connectivity index (χ1v) is 8.10. The molecule has 3 rings (SSSR count). The summed E-state index contributed by atoms with van der Waals surface area (Å²) in [5.74, 6) is 0.374. The van der Waals surface area contributed by atoms with Crippen molar-refractivity contribution >= 4 is 35.0 Å². The maximum absolute atomic E-state index is 12.4. The van der Waals surface area contributed by atoms with Gasteiger partial charge < -0.3 is 10.2 Å². The molecule has 4 nitrogen and oxygen atoms in total. The van der Waals surface area contributed by atoms with Gasteiger partial charge in [0, 0.05) is 5.25 Å². The third-order valence-corrected chi connectivity index (χ3v) is 5.17. The van der Waals surface area contributed by atoms with Gasteiger partial charge in [-0.25, -0.2) is 0 Å². The van der Waals surface area contributed by atoms with Gasteiger partial charge in [-0.1, -0.05) is 25.0 Å². The molecule has 0 spiro atoms. The van der Waals surface area contributed by atoms with Gasteiger partial charge in [-0.15, -0.1) is 11.8 Å². The molecule has 0 saturated heterocycles. The zero-order valence-electron chi connectivity index (χ0n) is 11.3. The van der Waals surface area contributed by atoms with Crippen LogP contribution in [-0.2, 0) is 9.59 Å². The maximum atomic E-state index is 12.4. The summed E-state index contributed by atoms with van der Waals surface area (Å²) in [5, 5.41) is 3.42. The lowest BCUT2D eigenvalue weighted by Gasteiger charge is -2.29. The second-order valence-electron chi connectivity index (χ2n) is 5.26. The lowest BCUT2D eigenvalue weighted by Crippen LogP contribution is -2.43. The standard InChI is InChI=1S/C15H18N2O2S/c18-14-9-17(13-8-4-3-7-12(13)16-14)15(19)10-20-11-5-1-2-6-11/h3-4,7-8,11H,1-2,5-6,9-10H2,(H,16,18). The normalized spacial score (nSPS) is 18.8. The van der Waals surface area contributed by atoms with Crippen LogP contribution in [0.4, 0.5) is 11.4 Å². The van der Waals surface area contributed by atoms with Crippen LogP contribution in [-0.4, -0.2) is 29.4 Å². The number of thioether (sulfide) groups is 1. The third kappa shape index (κ3) is 2.82. The zero-order chi connectivity index (χ0) is 13.9. The average molecular weight is 290 g/mol. The molecule has 0 bridgehead atoms. The molecule has 1 saturated carbocycles. The van der Waals surface area contributed by atoms with Crippen molar-refractivity contribution < 1.29 is 9.59 Å². The molecule has 1 aromatic rings. The van der Waals surface area contributed by atoms with Gasteiger partial charge in [0.2, 0.25) is 11.8 Å². The van der Waals surface area contributed by atoms with E-state index in [9.17, 15) is 9.59 Å². The van der Waals surface area contributed by atoms with Crippen molar-refractivity contribution in [1.29, 1.82) is 0 Å². The van der Waals surface area contributed by atoms with Crippen LogP contribution in [0.5, 0.6) is 0 Å². The molecule has 1 heterocycles. The Labute approximate surface area is 122 Å². The quantitative estimate of drug-likeness (QED) is 0.931. The van der Waals surface area contributed by atoms with Crippen LogP contribution in [0.2, 0.25) is 0 Å². The summed E-state index contributed by atoms with van der Waals surface area (Å²) in [5.41, 5.74) is 1.53. The Morgan fingerprint density at radius 2 is 2.05 bits per heavy atom. The predicted octanol–water partition coefficient (Wildman–Crippen LogP) is 2.65. The topological polar surface area (TPSA) is 49.4 Å². The summed E-state index contributed by atoms with van der Waals surface area (Å²) >= 11 is 1.74. The van der Waals surface area contributed by atoms with Gasteiger partial charge in [-0.05, 0) is 25.0 Å². The number of carbonyl (C=O) groups excluding carboxylic acids is 2. The molecule has 0 unspecified atom stereocenters. The minimum Gasteiger partial charge on any atom is -0.323 e. The molecule has 5 heteroatoms. The number of hydrogen-bond acceptors (Lipinski definition) is 3. The molecule has 1 fully saturated rings. The van der Waals surface area contributed by atoms with Crippen LogP contribution in [0.3, 0.4) is 0 Å². The van der Waals surface area contributed by atoms with E-state index in [4.69, 9.17) is 0 Å². The smallest absolute Gasteiger partial charge is 0.244 e. The summed E-state index contributed by atoms with van der Waals surface area (Å²) in [6.45, 7) is 0.126. The summed E-state index contributed by atoms with van der Waals surface area (Å²) < 4.78 is 0. The van der Waals surface area contributed by atoms with E-state index < -0.39 is 0 Å². The molecule has 2 aliphatic rings. The van der Waals surface area contributed by atoms with Crippen molar-refractivity contribution in [1.82, 2.24) is 0 Å². The highest BCUT2D eigenvalue weighted by molar-refractivity contribution is 8.00. The minimum absolute atomic E-state index is 0.0317. The first kappa shape index (κ1) is 13.5. The van der Waals surface area contributed by atoms with Crippen molar-refractivity contribution in [3.8, 4) is 0 Å². The molecule has 1 aromatic carbocycles. The van der Waals surface area contributed by atoms with E-state index in [-0.39, 0.29) is 18.4 Å². The minimum atomic E-state index is -0.122. The Hall–Kier alpha value is -1.49. The van der Waals surface area contributed by atoms with Crippen molar-refractivity contribution in [3.63, 3.8) is 0 Å². The van der Waals surface area contributed by atoms with Gasteiger partial charge in [0.15, 0.2) is 0 Å². The third-order valence-electron chi connectivity index (χ3n) is 3.82. The number of nitrogens with zero attached hydrogens (tertiary/aromatic N) is 1. The molecule has 1 aliphatic carbocycles. The van der Waals surface area contributed by atoms with Gasteiger partial charge in [-0.2, -0.15) is 0 Å². The molecule has 0 atom stereocenters. The first-order chi connectivity index (χ1) is 9.74. The Morgan fingerprint density at radius 3 is 2.85 bits per heavy atom. The van der Waals surface area contributed by atoms with Crippen molar-refractivity contribution in [2.24, 2.45) is 0 Å². The number of hydrogen-bond donors (Lipinski definition) is 1. The first-order valence-electron chi connectivity index (χ1n) is 7.05. The van der Waals surface area contributed by atoms with Crippen LogP contribution < -0.4 is 10.2 Å². The Bertz CT molecular complexity index is 526. The van der Waals surface area contributed by atoms with Crippen molar-refractivity contribution in [3.05, 3.63) is 24.3 Å². The highest BCUT2D eigenvalue weighted by atomic mass is 32.2. The molecule has 1 N–H and O–H groups in total. The number of anilines is 2. The molecule has 0 aromatic heterocycles. The summed E-state index contributed by atoms with van der Waals surface area (Å²) in [4.78, 5) is 25.7. The van der Waals surface area contributed by atoms with Gasteiger partial charge in [-0.3, -0.25) is 9.59 Å². The van der Waals surface area contributed by atoms with Crippen molar-refractivity contribution in [2.75, 3.05) is 22.5 Å². The average Bonchev–Trinajstić information content (AvgIpc) is 2.97. The molecule has 2 amide bonds. The van der Waals surface area contributed by atoms with E-state index in [2.05, 4.69) is 5.32 Å². The van der Waals surface area contributed by atoms with Crippen LogP contribution >= 0.6 is 11.8 Å². The Kier molecular flexibility index (Phi) is 3.96. The number of benzene rings is 1. The number of carbonyl (C=O) groups is 2. The SMILES string of the molecule is O=C1CN(C(=O)CSC2CCCC2)c2ccccc2N1. The van der Waals surface area contributed by atoms with E-state index >= 15 is 0 Å². The van der Waals surface area contributed by atoms with Gasteiger partial charge in [0.05, 0.1) is 17.1 Å². The molecule has 0 radical (unpaired) electrons. The van der Waals surface area contributed by atoms with Gasteiger partial charge in [0.1, 0.15) is 6.54 Å². The summed E-state index contributed by atoms with van der Waals surface area (Å²) in [6, 6.07) is 7.46. The van der Waals surface area contributed by atoms with Crippen LogP contribution in [0.25, 0.3) is 0 Å². The van der Waals surface area contributed by atoms with Gasteiger partial charge >= 0.3 is 0 Å². The van der Waals surface area contributed by atoms with E-state index in [0.717, 1.165) is 11.4 Å².